The van der Waals surface area contributed by atoms with Crippen molar-refractivity contribution < 1.29 is 17.9 Å². The van der Waals surface area contributed by atoms with Crippen LogP contribution in [-0.4, -0.2) is 44.5 Å². The number of hydrogen-bond acceptors (Lipinski definition) is 5. The molecule has 31 heavy (non-hydrogen) atoms. The molecule has 0 unspecified atom stereocenters. The van der Waals surface area contributed by atoms with Crippen LogP contribution in [0.15, 0.2) is 64.6 Å². The van der Waals surface area contributed by atoms with E-state index in [-0.39, 0.29) is 18.0 Å². The number of hydrogen-bond donors (Lipinski definition) is 1. The lowest BCUT2D eigenvalue weighted by Gasteiger charge is -2.22. The van der Waals surface area contributed by atoms with Crippen molar-refractivity contribution in [2.75, 3.05) is 20.2 Å². The molecule has 0 spiro atoms. The van der Waals surface area contributed by atoms with E-state index >= 15 is 0 Å². The van der Waals surface area contributed by atoms with E-state index in [0.29, 0.717) is 12.2 Å². The second-order valence-electron chi connectivity index (χ2n) is 7.52. The first-order valence-electron chi connectivity index (χ1n) is 10.5. The molecule has 0 atom stereocenters. The summed E-state index contributed by atoms with van der Waals surface area (Å²) in [5, 5.41) is 4.21. The van der Waals surface area contributed by atoms with E-state index in [1.807, 2.05) is 30.3 Å². The lowest BCUT2D eigenvalue weighted by Crippen LogP contribution is -2.40. The van der Waals surface area contributed by atoms with Gasteiger partial charge in [-0.05, 0) is 61.9 Å². The Kier molecular flexibility index (Phi) is 8.20. The Balaban J connectivity index is 1.75. The molecule has 1 amide bonds. The first-order chi connectivity index (χ1) is 15.0. The molecule has 1 saturated carbocycles. The van der Waals surface area contributed by atoms with Gasteiger partial charge < -0.3 is 4.74 Å². The highest BCUT2D eigenvalue weighted by molar-refractivity contribution is 7.89. The Morgan fingerprint density at radius 1 is 1.03 bits per heavy atom. The van der Waals surface area contributed by atoms with Gasteiger partial charge in [-0.15, -0.1) is 0 Å². The largest absolute Gasteiger partial charge is 0.497 e. The van der Waals surface area contributed by atoms with Crippen molar-refractivity contribution in [3.8, 4) is 5.75 Å². The van der Waals surface area contributed by atoms with Gasteiger partial charge >= 0.3 is 0 Å². The molecule has 3 rings (SSSR count). The fourth-order valence-corrected chi connectivity index (χ4v) is 4.89. The Hall–Kier alpha value is -2.71. The van der Waals surface area contributed by atoms with Crippen molar-refractivity contribution in [2.24, 2.45) is 5.10 Å². The lowest BCUT2D eigenvalue weighted by molar-refractivity contribution is -0.121. The average Bonchev–Trinajstić information content (AvgIpc) is 2.81. The van der Waals surface area contributed by atoms with Crippen LogP contribution >= 0.6 is 0 Å². The van der Waals surface area contributed by atoms with E-state index in [1.165, 1.54) is 30.0 Å². The summed E-state index contributed by atoms with van der Waals surface area (Å²) in [6.07, 6.45) is 5.58. The molecule has 0 saturated heterocycles. The molecule has 0 aromatic heterocycles. The fraction of sp³-hybridized carbons (Fsp3) is 0.391. The first kappa shape index (κ1) is 23.0. The van der Waals surface area contributed by atoms with Gasteiger partial charge in [0, 0.05) is 12.3 Å². The molecule has 2 aromatic carbocycles. The van der Waals surface area contributed by atoms with Gasteiger partial charge in [-0.1, -0.05) is 36.8 Å². The quantitative estimate of drug-likeness (QED) is 0.602. The van der Waals surface area contributed by atoms with Crippen LogP contribution in [0.4, 0.5) is 0 Å². The zero-order chi connectivity index (χ0) is 22.1. The second kappa shape index (κ2) is 11.1. The molecule has 0 bridgehead atoms. The number of amides is 1. The van der Waals surface area contributed by atoms with Crippen LogP contribution in [0.1, 0.15) is 37.7 Å². The van der Waals surface area contributed by atoms with Gasteiger partial charge in [0.05, 0.1) is 18.6 Å². The minimum absolute atomic E-state index is 0.118. The molecule has 0 aliphatic heterocycles. The number of carbonyl (C=O) groups is 1. The number of methoxy groups -OCH3 is 1. The van der Waals surface area contributed by atoms with Crippen LogP contribution in [0.2, 0.25) is 0 Å². The van der Waals surface area contributed by atoms with E-state index in [0.717, 1.165) is 37.0 Å². The minimum atomic E-state index is -3.87. The number of rotatable bonds is 9. The summed E-state index contributed by atoms with van der Waals surface area (Å²) in [5.74, 6) is 0.124. The van der Waals surface area contributed by atoms with Crippen LogP contribution in [0.5, 0.6) is 5.75 Å². The molecule has 1 N–H and O–H groups in total. The van der Waals surface area contributed by atoms with Crippen LogP contribution in [0.25, 0.3) is 0 Å². The molecule has 1 fully saturated rings. The molecule has 0 heterocycles. The smallest absolute Gasteiger partial charge is 0.255 e. The molecule has 8 heteroatoms. The van der Waals surface area contributed by atoms with Crippen LogP contribution in [-0.2, 0) is 21.2 Å². The number of hydrazone groups is 1. The zero-order valence-electron chi connectivity index (χ0n) is 17.8. The molecule has 0 radical (unpaired) electrons. The summed E-state index contributed by atoms with van der Waals surface area (Å²) in [5.41, 5.74) is 4.51. The molecular formula is C23H29N3O4S. The number of nitrogens with one attached hydrogen (secondary N) is 1. The van der Waals surface area contributed by atoms with E-state index < -0.39 is 15.9 Å². The van der Waals surface area contributed by atoms with Crippen LogP contribution in [0, 0.1) is 0 Å². The van der Waals surface area contributed by atoms with Gasteiger partial charge in [-0.3, -0.25) is 4.79 Å². The molecule has 7 nitrogen and oxygen atoms in total. The summed E-state index contributed by atoms with van der Waals surface area (Å²) < 4.78 is 32.8. The van der Waals surface area contributed by atoms with Gasteiger partial charge in [0.25, 0.3) is 5.91 Å². The maximum atomic E-state index is 13.3. The average molecular weight is 444 g/mol. The summed E-state index contributed by atoms with van der Waals surface area (Å²) in [7, 11) is -2.34. The summed E-state index contributed by atoms with van der Waals surface area (Å²) in [6.45, 7) is -0.111. The van der Waals surface area contributed by atoms with Crippen molar-refractivity contribution in [1.29, 1.82) is 0 Å². The SMILES string of the molecule is COc1ccc(S(=O)(=O)N(CCc2ccccc2)CC(=O)NN=C2CCCCC2)cc1. The number of sulfonamides is 1. The fourth-order valence-electron chi connectivity index (χ4n) is 3.49. The molecule has 2 aromatic rings. The maximum absolute atomic E-state index is 13.3. The summed E-state index contributed by atoms with van der Waals surface area (Å²) in [6, 6.07) is 15.8. The van der Waals surface area contributed by atoms with Crippen LogP contribution in [0.3, 0.4) is 0 Å². The third kappa shape index (κ3) is 6.63. The molecule has 1 aliphatic rings. The highest BCUT2D eigenvalue weighted by Gasteiger charge is 2.26. The third-order valence-electron chi connectivity index (χ3n) is 5.28. The zero-order valence-corrected chi connectivity index (χ0v) is 18.6. The topological polar surface area (TPSA) is 88.1 Å². The second-order valence-corrected chi connectivity index (χ2v) is 9.46. The number of nitrogens with zero attached hydrogens (tertiary/aromatic N) is 2. The third-order valence-corrected chi connectivity index (χ3v) is 7.14. The van der Waals surface area contributed by atoms with E-state index in [2.05, 4.69) is 10.5 Å². The van der Waals surface area contributed by atoms with Gasteiger partial charge in [0.15, 0.2) is 0 Å². The normalized spacial score (nSPS) is 14.3. The van der Waals surface area contributed by atoms with Gasteiger partial charge in [0.1, 0.15) is 5.75 Å². The van der Waals surface area contributed by atoms with E-state index in [4.69, 9.17) is 4.74 Å². The van der Waals surface area contributed by atoms with Crippen molar-refractivity contribution in [3.05, 3.63) is 60.2 Å². The van der Waals surface area contributed by atoms with Crippen molar-refractivity contribution in [2.45, 2.75) is 43.4 Å². The van der Waals surface area contributed by atoms with Gasteiger partial charge in [0.2, 0.25) is 10.0 Å². The summed E-state index contributed by atoms with van der Waals surface area (Å²) >= 11 is 0. The predicted molar refractivity (Wildman–Crippen MR) is 121 cm³/mol. The lowest BCUT2D eigenvalue weighted by atomic mass is 9.99. The molecular weight excluding hydrogens is 414 g/mol. The monoisotopic (exact) mass is 443 g/mol. The van der Waals surface area contributed by atoms with Gasteiger partial charge in [-0.25, -0.2) is 13.8 Å². The number of carbonyl (C=O) groups excluding carboxylic acids is 1. The number of ether oxygens (including phenoxy) is 1. The highest BCUT2D eigenvalue weighted by atomic mass is 32.2. The minimum Gasteiger partial charge on any atom is -0.497 e. The standard InChI is InChI=1S/C23H29N3O4S/c1-30-21-12-14-22(15-13-21)31(28,29)26(17-16-19-8-4-2-5-9-19)18-23(27)25-24-20-10-6-3-7-11-20/h2,4-5,8-9,12-15H,3,6-7,10-11,16-18H2,1H3,(H,25,27). The first-order valence-corrected chi connectivity index (χ1v) is 12.0. The molecule has 1 aliphatic carbocycles. The van der Waals surface area contributed by atoms with E-state index in [1.54, 1.807) is 12.1 Å². The Morgan fingerprint density at radius 2 is 1.71 bits per heavy atom. The van der Waals surface area contributed by atoms with Crippen molar-refractivity contribution >= 4 is 21.6 Å². The Labute approximate surface area is 184 Å². The van der Waals surface area contributed by atoms with Gasteiger partial charge in [-0.2, -0.15) is 9.41 Å². The maximum Gasteiger partial charge on any atom is 0.255 e. The predicted octanol–water partition coefficient (Wildman–Crippen LogP) is 3.36. The van der Waals surface area contributed by atoms with Crippen molar-refractivity contribution in [1.82, 2.24) is 9.73 Å². The number of benzene rings is 2. The van der Waals surface area contributed by atoms with E-state index in [9.17, 15) is 13.2 Å². The highest BCUT2D eigenvalue weighted by Crippen LogP contribution is 2.20. The molecule has 166 valence electrons. The Bertz CT molecular complexity index is 981. The summed E-state index contributed by atoms with van der Waals surface area (Å²) in [4.78, 5) is 12.7. The van der Waals surface area contributed by atoms with Crippen LogP contribution < -0.4 is 10.2 Å². The Morgan fingerprint density at radius 3 is 2.35 bits per heavy atom. The van der Waals surface area contributed by atoms with Crippen molar-refractivity contribution in [3.63, 3.8) is 0 Å².